The number of benzene rings is 1. The van der Waals surface area contributed by atoms with Gasteiger partial charge in [-0.05, 0) is 57.5 Å². The smallest absolute Gasteiger partial charge is 0.0738 e. The monoisotopic (exact) mass is 419 g/mol. The summed E-state index contributed by atoms with van der Waals surface area (Å²) in [5, 5.41) is 8.51. The van der Waals surface area contributed by atoms with E-state index in [0.717, 1.165) is 37.3 Å². The standard InChI is InChI=1S/C14H16Br2ClN3/c1-8-13(16)12(20(3)19-8)7-11(18-2)9-5-4-6-10(15)14(9)17/h4-6,11,18H,7H2,1-3H3. The highest BCUT2D eigenvalue weighted by Crippen LogP contribution is 2.33. The number of aryl methyl sites for hydroxylation is 2. The van der Waals surface area contributed by atoms with Crippen molar-refractivity contribution in [1.82, 2.24) is 15.1 Å². The number of rotatable bonds is 4. The van der Waals surface area contributed by atoms with Crippen LogP contribution in [0.25, 0.3) is 0 Å². The molecule has 0 spiro atoms. The Labute approximate surface area is 141 Å². The van der Waals surface area contributed by atoms with Gasteiger partial charge in [-0.25, -0.2) is 0 Å². The lowest BCUT2D eigenvalue weighted by atomic mass is 10.0. The summed E-state index contributed by atoms with van der Waals surface area (Å²) >= 11 is 13.5. The fraction of sp³-hybridized carbons (Fsp3) is 0.357. The van der Waals surface area contributed by atoms with E-state index in [1.807, 2.05) is 43.9 Å². The highest BCUT2D eigenvalue weighted by atomic mass is 79.9. The molecular formula is C14H16Br2ClN3. The lowest BCUT2D eigenvalue weighted by molar-refractivity contribution is 0.560. The number of likely N-dealkylation sites (N-methyl/N-ethyl adjacent to an activating group) is 1. The maximum atomic E-state index is 6.40. The predicted octanol–water partition coefficient (Wildman–Crippen LogP) is 4.41. The van der Waals surface area contributed by atoms with Crippen LogP contribution in [0.3, 0.4) is 0 Å². The van der Waals surface area contributed by atoms with Crippen molar-refractivity contribution < 1.29 is 0 Å². The number of hydrogen-bond acceptors (Lipinski definition) is 2. The second-order valence-corrected chi connectivity index (χ2v) is 6.68. The first-order valence-corrected chi connectivity index (χ1v) is 8.21. The minimum absolute atomic E-state index is 0.131. The summed E-state index contributed by atoms with van der Waals surface area (Å²) in [6, 6.07) is 6.12. The molecule has 0 saturated carbocycles. The third-order valence-corrected chi connectivity index (χ3v) is 5.71. The number of nitrogens with one attached hydrogen (secondary N) is 1. The molecule has 1 aromatic carbocycles. The van der Waals surface area contributed by atoms with E-state index in [1.54, 1.807) is 0 Å². The van der Waals surface area contributed by atoms with Crippen LogP contribution < -0.4 is 5.32 Å². The maximum absolute atomic E-state index is 6.40. The maximum Gasteiger partial charge on any atom is 0.0738 e. The summed E-state index contributed by atoms with van der Waals surface area (Å²) in [7, 11) is 3.90. The van der Waals surface area contributed by atoms with E-state index < -0.39 is 0 Å². The van der Waals surface area contributed by atoms with Gasteiger partial charge in [0.25, 0.3) is 0 Å². The van der Waals surface area contributed by atoms with Crippen LogP contribution in [0.2, 0.25) is 5.02 Å². The van der Waals surface area contributed by atoms with E-state index in [4.69, 9.17) is 11.6 Å². The molecule has 2 aromatic rings. The quantitative estimate of drug-likeness (QED) is 0.793. The van der Waals surface area contributed by atoms with Crippen molar-refractivity contribution >= 4 is 43.5 Å². The fourth-order valence-electron chi connectivity index (χ4n) is 2.25. The summed E-state index contributed by atoms with van der Waals surface area (Å²) in [5.41, 5.74) is 3.23. The molecule has 1 unspecified atom stereocenters. The van der Waals surface area contributed by atoms with Crippen molar-refractivity contribution in [3.63, 3.8) is 0 Å². The molecule has 0 aliphatic carbocycles. The molecule has 108 valence electrons. The Morgan fingerprint density at radius 1 is 1.40 bits per heavy atom. The highest BCUT2D eigenvalue weighted by Gasteiger charge is 2.19. The van der Waals surface area contributed by atoms with E-state index in [0.29, 0.717) is 0 Å². The van der Waals surface area contributed by atoms with Gasteiger partial charge in [-0.2, -0.15) is 5.10 Å². The largest absolute Gasteiger partial charge is 0.313 e. The van der Waals surface area contributed by atoms with Crippen molar-refractivity contribution in [2.45, 2.75) is 19.4 Å². The summed E-state index contributed by atoms with van der Waals surface area (Å²) in [4.78, 5) is 0. The SMILES string of the molecule is CNC(Cc1c(Br)c(C)nn1C)c1cccc(Br)c1Cl. The van der Waals surface area contributed by atoms with E-state index in [-0.39, 0.29) is 6.04 Å². The molecule has 0 aliphatic heterocycles. The van der Waals surface area contributed by atoms with E-state index in [1.165, 1.54) is 0 Å². The number of aromatic nitrogens is 2. The molecule has 1 atom stereocenters. The molecule has 1 heterocycles. The first-order valence-electron chi connectivity index (χ1n) is 6.24. The molecule has 1 N–H and O–H groups in total. The molecule has 0 amide bonds. The van der Waals surface area contributed by atoms with Gasteiger partial charge in [0.15, 0.2) is 0 Å². The van der Waals surface area contributed by atoms with Crippen LogP contribution in [0.4, 0.5) is 0 Å². The zero-order valence-electron chi connectivity index (χ0n) is 11.5. The average Bonchev–Trinajstić information content (AvgIpc) is 2.65. The van der Waals surface area contributed by atoms with Crippen LogP contribution >= 0.6 is 43.5 Å². The van der Waals surface area contributed by atoms with Gasteiger partial charge >= 0.3 is 0 Å². The molecule has 0 bridgehead atoms. The van der Waals surface area contributed by atoms with Gasteiger partial charge in [0.1, 0.15) is 0 Å². The number of hydrogen-bond donors (Lipinski definition) is 1. The third-order valence-electron chi connectivity index (χ3n) is 3.36. The van der Waals surface area contributed by atoms with Gasteiger partial charge in [0, 0.05) is 24.0 Å². The van der Waals surface area contributed by atoms with Crippen LogP contribution in [0.1, 0.15) is 23.0 Å². The third kappa shape index (κ3) is 3.11. The summed E-state index contributed by atoms with van der Waals surface area (Å²) in [5.74, 6) is 0. The Morgan fingerprint density at radius 3 is 2.65 bits per heavy atom. The normalized spacial score (nSPS) is 12.7. The zero-order chi connectivity index (χ0) is 14.9. The van der Waals surface area contributed by atoms with Crippen molar-refractivity contribution in [2.24, 2.45) is 7.05 Å². The highest BCUT2D eigenvalue weighted by molar-refractivity contribution is 9.10. The molecule has 0 saturated heterocycles. The second-order valence-electron chi connectivity index (χ2n) is 4.66. The molecular weight excluding hydrogens is 405 g/mol. The van der Waals surface area contributed by atoms with Crippen molar-refractivity contribution in [3.05, 3.63) is 49.1 Å². The summed E-state index contributed by atoms with van der Waals surface area (Å²) < 4.78 is 3.89. The molecule has 0 radical (unpaired) electrons. The van der Waals surface area contributed by atoms with Crippen LogP contribution in [-0.4, -0.2) is 16.8 Å². The van der Waals surface area contributed by atoms with E-state index in [9.17, 15) is 0 Å². The minimum Gasteiger partial charge on any atom is -0.313 e. The van der Waals surface area contributed by atoms with Crippen LogP contribution in [-0.2, 0) is 13.5 Å². The minimum atomic E-state index is 0.131. The number of nitrogens with zero attached hydrogens (tertiary/aromatic N) is 2. The molecule has 3 nitrogen and oxygen atoms in total. The van der Waals surface area contributed by atoms with Gasteiger partial charge < -0.3 is 5.32 Å². The molecule has 20 heavy (non-hydrogen) atoms. The Bertz CT molecular complexity index is 625. The molecule has 6 heteroatoms. The Kier molecular flexibility index (Phi) is 5.29. The van der Waals surface area contributed by atoms with Crippen LogP contribution in [0, 0.1) is 6.92 Å². The van der Waals surface area contributed by atoms with Crippen LogP contribution in [0.5, 0.6) is 0 Å². The van der Waals surface area contributed by atoms with Gasteiger partial charge in [-0.1, -0.05) is 23.7 Å². The topological polar surface area (TPSA) is 29.9 Å². The first kappa shape index (κ1) is 16.0. The zero-order valence-corrected chi connectivity index (χ0v) is 15.5. The summed E-state index contributed by atoms with van der Waals surface area (Å²) in [6.45, 7) is 1.99. The van der Waals surface area contributed by atoms with Crippen LogP contribution in [0.15, 0.2) is 27.1 Å². The lowest BCUT2D eigenvalue weighted by Gasteiger charge is -2.19. The van der Waals surface area contributed by atoms with Gasteiger partial charge in [-0.15, -0.1) is 0 Å². The van der Waals surface area contributed by atoms with Gasteiger partial charge in [-0.3, -0.25) is 4.68 Å². The average molecular weight is 422 g/mol. The molecule has 0 fully saturated rings. The van der Waals surface area contributed by atoms with Crippen molar-refractivity contribution in [1.29, 1.82) is 0 Å². The molecule has 2 rings (SSSR count). The van der Waals surface area contributed by atoms with Gasteiger partial charge in [0.05, 0.1) is 20.9 Å². The van der Waals surface area contributed by atoms with E-state index >= 15 is 0 Å². The van der Waals surface area contributed by atoms with Crippen molar-refractivity contribution in [3.8, 4) is 0 Å². The molecule has 1 aromatic heterocycles. The first-order chi connectivity index (χ1) is 9.45. The Balaban J connectivity index is 2.36. The van der Waals surface area contributed by atoms with Crippen molar-refractivity contribution in [2.75, 3.05) is 7.05 Å². The lowest BCUT2D eigenvalue weighted by Crippen LogP contribution is -2.20. The Morgan fingerprint density at radius 2 is 2.10 bits per heavy atom. The Hall–Kier alpha value is -0.360. The van der Waals surface area contributed by atoms with E-state index in [2.05, 4.69) is 42.3 Å². The summed E-state index contributed by atoms with van der Waals surface area (Å²) in [6.07, 6.45) is 0.810. The van der Waals surface area contributed by atoms with Gasteiger partial charge in [0.2, 0.25) is 0 Å². The predicted molar refractivity (Wildman–Crippen MR) is 90.3 cm³/mol. The fourth-order valence-corrected chi connectivity index (χ4v) is 3.39. The molecule has 0 aliphatic rings. The second kappa shape index (κ2) is 6.60. The number of halogens is 3.